The lowest BCUT2D eigenvalue weighted by Gasteiger charge is -2.44. The molecule has 1 aromatic rings. The van der Waals surface area contributed by atoms with Crippen LogP contribution in [0.5, 0.6) is 0 Å². The van der Waals surface area contributed by atoms with Crippen LogP contribution >= 0.6 is 0 Å². The van der Waals surface area contributed by atoms with Gasteiger partial charge in [0.2, 0.25) is 0 Å². The smallest absolute Gasteiger partial charge is 0.134 e. The third-order valence-electron chi connectivity index (χ3n) is 5.71. The van der Waals surface area contributed by atoms with Crippen molar-refractivity contribution in [2.75, 3.05) is 0 Å². The van der Waals surface area contributed by atoms with E-state index in [2.05, 4.69) is 49.6 Å². The van der Waals surface area contributed by atoms with Gasteiger partial charge in [0, 0.05) is 11.8 Å². The van der Waals surface area contributed by atoms with Gasteiger partial charge in [-0.15, -0.1) is 0 Å². The maximum absolute atomic E-state index is 6.45. The lowest BCUT2D eigenvalue weighted by Crippen LogP contribution is -2.48. The van der Waals surface area contributed by atoms with E-state index >= 15 is 0 Å². The summed E-state index contributed by atoms with van der Waals surface area (Å²) in [7, 11) is 0. The monoisotopic (exact) mass is 248 g/mol. The number of epoxide rings is 1. The summed E-state index contributed by atoms with van der Waals surface area (Å²) >= 11 is 0. The van der Waals surface area contributed by atoms with Crippen LogP contribution in [0.2, 0.25) is 0 Å². The van der Waals surface area contributed by atoms with Crippen molar-refractivity contribution in [3.05, 3.63) is 60.7 Å². The molecule has 1 nitrogen and oxygen atoms in total. The zero-order valence-electron chi connectivity index (χ0n) is 10.9. The topological polar surface area (TPSA) is 12.5 Å². The van der Waals surface area contributed by atoms with E-state index in [0.29, 0.717) is 11.8 Å². The molecule has 4 unspecified atom stereocenters. The van der Waals surface area contributed by atoms with Gasteiger partial charge in [-0.3, -0.25) is 0 Å². The molecule has 1 heteroatoms. The summed E-state index contributed by atoms with van der Waals surface area (Å²) in [5, 5.41) is 0. The van der Waals surface area contributed by atoms with E-state index < -0.39 is 0 Å². The van der Waals surface area contributed by atoms with E-state index in [4.69, 9.17) is 4.74 Å². The highest BCUT2D eigenvalue weighted by Crippen LogP contribution is 2.76. The molecule has 0 radical (unpaired) electrons. The van der Waals surface area contributed by atoms with Crippen LogP contribution in [0.15, 0.2) is 49.6 Å². The zero-order valence-corrected chi connectivity index (χ0v) is 10.9. The van der Waals surface area contributed by atoms with Crippen molar-refractivity contribution in [2.24, 2.45) is 11.8 Å². The molecule has 1 aromatic carbocycles. The summed E-state index contributed by atoms with van der Waals surface area (Å²) in [4.78, 5) is 0. The predicted octanol–water partition coefficient (Wildman–Crippen LogP) is 3.83. The summed E-state index contributed by atoms with van der Waals surface area (Å²) in [5.41, 5.74) is 4.49. The molecular weight excluding hydrogens is 232 g/mol. The Balaban J connectivity index is 1.84. The van der Waals surface area contributed by atoms with Crippen LogP contribution in [-0.4, -0.2) is 11.2 Å². The molecule has 0 spiro atoms. The van der Waals surface area contributed by atoms with E-state index in [9.17, 15) is 0 Å². The van der Waals surface area contributed by atoms with Crippen LogP contribution < -0.4 is 0 Å². The summed E-state index contributed by atoms with van der Waals surface area (Å²) in [6, 6.07) is 8.49. The number of rotatable bonds is 0. The van der Waals surface area contributed by atoms with Crippen molar-refractivity contribution in [3.63, 3.8) is 0 Å². The third-order valence-corrected chi connectivity index (χ3v) is 5.71. The fourth-order valence-corrected chi connectivity index (χ4v) is 4.86. The first-order chi connectivity index (χ1) is 9.22. The molecule has 0 amide bonds. The van der Waals surface area contributed by atoms with Gasteiger partial charge in [-0.05, 0) is 35.1 Å². The van der Waals surface area contributed by atoms with Gasteiger partial charge in [-0.1, -0.05) is 49.6 Å². The Labute approximate surface area is 113 Å². The summed E-state index contributed by atoms with van der Waals surface area (Å²) in [5.74, 6) is 0.963. The van der Waals surface area contributed by atoms with Gasteiger partial charge < -0.3 is 4.74 Å². The highest BCUT2D eigenvalue weighted by atomic mass is 16.6. The van der Waals surface area contributed by atoms with Gasteiger partial charge in [0.15, 0.2) is 0 Å². The Morgan fingerprint density at radius 3 is 1.79 bits per heavy atom. The van der Waals surface area contributed by atoms with Crippen molar-refractivity contribution in [3.8, 4) is 0 Å². The first kappa shape index (κ1) is 10.2. The molecule has 5 aliphatic rings. The molecule has 94 valence electrons. The van der Waals surface area contributed by atoms with Crippen LogP contribution in [0.3, 0.4) is 0 Å². The number of benzene rings is 1. The molecular formula is C18H16O. The molecule has 2 bridgehead atoms. The van der Waals surface area contributed by atoms with Gasteiger partial charge in [-0.25, -0.2) is 0 Å². The second-order valence-corrected chi connectivity index (χ2v) is 6.25. The van der Waals surface area contributed by atoms with Crippen molar-refractivity contribution in [1.29, 1.82) is 0 Å². The summed E-state index contributed by atoms with van der Waals surface area (Å²) in [6.45, 7) is 8.80. The molecule has 4 aliphatic carbocycles. The summed E-state index contributed by atoms with van der Waals surface area (Å²) in [6.07, 6.45) is 7.15. The number of fused-ring (bicyclic) bond motifs is 2. The highest BCUT2D eigenvalue weighted by molar-refractivity contribution is 5.97. The van der Waals surface area contributed by atoms with Crippen LogP contribution in [0.1, 0.15) is 24.0 Å². The molecule has 2 fully saturated rings. The van der Waals surface area contributed by atoms with Crippen LogP contribution in [0, 0.1) is 11.8 Å². The van der Waals surface area contributed by atoms with Gasteiger partial charge in [0.05, 0.1) is 0 Å². The minimum Gasteiger partial charge on any atom is -0.351 e. The van der Waals surface area contributed by atoms with Crippen LogP contribution in [-0.2, 0) is 4.74 Å². The highest BCUT2D eigenvalue weighted by Gasteiger charge is 2.82. The maximum atomic E-state index is 6.45. The van der Waals surface area contributed by atoms with Gasteiger partial charge >= 0.3 is 0 Å². The zero-order chi connectivity index (χ0) is 12.8. The number of hydrogen-bond acceptors (Lipinski definition) is 1. The molecule has 1 aliphatic heterocycles. The fourth-order valence-electron chi connectivity index (χ4n) is 4.86. The van der Waals surface area contributed by atoms with Crippen molar-refractivity contribution < 1.29 is 4.74 Å². The van der Waals surface area contributed by atoms with Gasteiger partial charge in [0.1, 0.15) is 11.2 Å². The Hall–Kier alpha value is -1.60. The molecule has 0 aromatic heterocycles. The molecule has 1 heterocycles. The Kier molecular flexibility index (Phi) is 1.50. The van der Waals surface area contributed by atoms with Gasteiger partial charge in [-0.2, -0.15) is 0 Å². The van der Waals surface area contributed by atoms with E-state index in [1.54, 1.807) is 0 Å². The van der Waals surface area contributed by atoms with Crippen LogP contribution in [0.25, 0.3) is 11.1 Å². The number of ether oxygens (including phenoxy) is 1. The third kappa shape index (κ3) is 0.820. The second kappa shape index (κ2) is 2.78. The minimum atomic E-state index is -0.171. The fraction of sp³-hybridized carbons (Fsp3) is 0.333. The minimum absolute atomic E-state index is 0.171. The standard InChI is InChI=1S/C18H16O/c1-11-15-5-3-4-6-16(15)12(2)18-14-9-7-13(8-10-14)17(11,18)19-18/h3-7,9,13-14H,1-2,8,10H2. The van der Waals surface area contributed by atoms with Crippen molar-refractivity contribution in [1.82, 2.24) is 0 Å². The molecule has 4 atom stereocenters. The number of hydrogen-bond donors (Lipinski definition) is 0. The Morgan fingerprint density at radius 1 is 0.895 bits per heavy atom. The van der Waals surface area contributed by atoms with Crippen molar-refractivity contribution in [2.45, 2.75) is 24.0 Å². The molecule has 6 rings (SSSR count). The predicted molar refractivity (Wildman–Crippen MR) is 76.4 cm³/mol. The summed E-state index contributed by atoms with van der Waals surface area (Å²) < 4.78 is 6.45. The van der Waals surface area contributed by atoms with Crippen molar-refractivity contribution >= 4 is 11.1 Å². The average molecular weight is 248 g/mol. The normalized spacial score (nSPS) is 44.6. The molecule has 19 heavy (non-hydrogen) atoms. The van der Waals surface area contributed by atoms with Gasteiger partial charge in [0.25, 0.3) is 0 Å². The first-order valence-corrected chi connectivity index (χ1v) is 7.09. The van der Waals surface area contributed by atoms with E-state index in [0.717, 1.165) is 0 Å². The lowest BCUT2D eigenvalue weighted by atomic mass is 9.54. The van der Waals surface area contributed by atoms with E-state index in [1.807, 2.05) is 0 Å². The quantitative estimate of drug-likeness (QED) is 0.502. The Morgan fingerprint density at radius 2 is 1.37 bits per heavy atom. The SMILES string of the molecule is C=C1c2ccccc2C(=C)C23OC12C1C=CC3CC1. The molecule has 1 saturated heterocycles. The average Bonchev–Trinajstić information content (AvgIpc) is 3.22. The molecule has 1 saturated carbocycles. The largest absolute Gasteiger partial charge is 0.351 e. The maximum Gasteiger partial charge on any atom is 0.134 e. The first-order valence-electron chi connectivity index (χ1n) is 7.09. The molecule has 0 N–H and O–H groups in total. The second-order valence-electron chi connectivity index (χ2n) is 6.25. The Bertz CT molecular complexity index is 626. The van der Waals surface area contributed by atoms with Crippen LogP contribution in [0.4, 0.5) is 0 Å². The van der Waals surface area contributed by atoms with E-state index in [1.165, 1.54) is 35.1 Å². The lowest BCUT2D eigenvalue weighted by molar-refractivity contribution is 0.293. The van der Waals surface area contributed by atoms with E-state index in [-0.39, 0.29) is 11.2 Å².